The molecule has 0 saturated carbocycles. The second-order valence-corrected chi connectivity index (χ2v) is 6.23. The molecular weight excluding hydrogens is 424 g/mol. The lowest BCUT2D eigenvalue weighted by atomic mass is 10.1. The summed E-state index contributed by atoms with van der Waals surface area (Å²) >= 11 is 3.28. The topological polar surface area (TPSA) is 144 Å². The minimum absolute atomic E-state index is 0.0428. The van der Waals surface area contributed by atoms with Crippen molar-refractivity contribution in [3.63, 3.8) is 0 Å². The van der Waals surface area contributed by atoms with Crippen LogP contribution in [0.4, 0.5) is 17.1 Å². The number of nitro groups is 2. The van der Waals surface area contributed by atoms with Gasteiger partial charge in [-0.2, -0.15) is 0 Å². The monoisotopic (exact) mass is 436 g/mol. The standard InChI is InChI=1S/C16H13BrN4O6/c17-11-1-3-12(4-2-11)19-15(22)5-6-18-16(23)10-7-13(20(24)25)9-14(8-10)21(26)27/h1-4,7-9H,5-6H2,(H,18,23)(H,19,22). The summed E-state index contributed by atoms with van der Waals surface area (Å²) in [7, 11) is 0. The quantitative estimate of drug-likeness (QED) is 0.503. The fourth-order valence-electron chi connectivity index (χ4n) is 2.09. The second-order valence-electron chi connectivity index (χ2n) is 5.31. The molecule has 2 aromatic carbocycles. The summed E-state index contributed by atoms with van der Waals surface area (Å²) in [6.07, 6.45) is -0.0428. The molecule has 0 fully saturated rings. The van der Waals surface area contributed by atoms with Gasteiger partial charge in [0.25, 0.3) is 17.3 Å². The van der Waals surface area contributed by atoms with Crippen LogP contribution in [-0.2, 0) is 4.79 Å². The molecule has 27 heavy (non-hydrogen) atoms. The molecule has 0 aliphatic heterocycles. The first-order chi connectivity index (χ1) is 12.8. The Kier molecular flexibility index (Phi) is 6.55. The van der Waals surface area contributed by atoms with Gasteiger partial charge in [-0.15, -0.1) is 0 Å². The van der Waals surface area contributed by atoms with Crippen LogP contribution in [0.3, 0.4) is 0 Å². The highest BCUT2D eigenvalue weighted by Crippen LogP contribution is 2.22. The average Bonchev–Trinajstić information content (AvgIpc) is 2.63. The summed E-state index contributed by atoms with van der Waals surface area (Å²) in [5.74, 6) is -1.10. The third-order valence-electron chi connectivity index (χ3n) is 3.35. The number of anilines is 1. The first kappa shape index (κ1) is 20.0. The van der Waals surface area contributed by atoms with Crippen LogP contribution >= 0.6 is 15.9 Å². The first-order valence-corrected chi connectivity index (χ1v) is 8.33. The molecule has 0 aliphatic carbocycles. The highest BCUT2D eigenvalue weighted by atomic mass is 79.9. The maximum Gasteiger partial charge on any atom is 0.277 e. The van der Waals surface area contributed by atoms with Crippen molar-refractivity contribution in [1.82, 2.24) is 5.32 Å². The molecule has 2 amide bonds. The van der Waals surface area contributed by atoms with E-state index in [0.29, 0.717) is 5.69 Å². The Morgan fingerprint density at radius 2 is 1.52 bits per heavy atom. The van der Waals surface area contributed by atoms with Gasteiger partial charge in [-0.05, 0) is 24.3 Å². The molecule has 0 atom stereocenters. The Balaban J connectivity index is 1.95. The predicted octanol–water partition coefficient (Wildman–Crippen LogP) is 3.02. The fourth-order valence-corrected chi connectivity index (χ4v) is 2.35. The van der Waals surface area contributed by atoms with E-state index in [4.69, 9.17) is 0 Å². The number of nitrogens with one attached hydrogen (secondary N) is 2. The summed E-state index contributed by atoms with van der Waals surface area (Å²) in [6.45, 7) is -0.0440. The highest BCUT2D eigenvalue weighted by molar-refractivity contribution is 9.10. The first-order valence-electron chi connectivity index (χ1n) is 7.54. The van der Waals surface area contributed by atoms with Crippen LogP contribution in [0.25, 0.3) is 0 Å². The normalized spacial score (nSPS) is 10.1. The van der Waals surface area contributed by atoms with Crippen LogP contribution in [0.1, 0.15) is 16.8 Å². The molecule has 0 aromatic heterocycles. The molecule has 0 heterocycles. The molecule has 0 spiro atoms. The zero-order valence-electron chi connectivity index (χ0n) is 13.7. The van der Waals surface area contributed by atoms with Crippen LogP contribution < -0.4 is 10.6 Å². The van der Waals surface area contributed by atoms with Gasteiger partial charge < -0.3 is 10.6 Å². The highest BCUT2D eigenvalue weighted by Gasteiger charge is 2.19. The number of hydrogen-bond donors (Lipinski definition) is 2. The van der Waals surface area contributed by atoms with Gasteiger partial charge in [0.1, 0.15) is 0 Å². The molecular formula is C16H13BrN4O6. The molecule has 0 saturated heterocycles. The Bertz CT molecular complexity index is 868. The summed E-state index contributed by atoms with van der Waals surface area (Å²) < 4.78 is 0.860. The fraction of sp³-hybridized carbons (Fsp3) is 0.125. The van der Waals surface area contributed by atoms with Crippen LogP contribution in [0, 0.1) is 20.2 Å². The van der Waals surface area contributed by atoms with Crippen molar-refractivity contribution in [2.75, 3.05) is 11.9 Å². The van der Waals surface area contributed by atoms with E-state index < -0.39 is 27.1 Å². The van der Waals surface area contributed by atoms with E-state index >= 15 is 0 Å². The Hall–Kier alpha value is -3.34. The summed E-state index contributed by atoms with van der Waals surface area (Å²) in [6, 6.07) is 9.54. The molecule has 2 N–H and O–H groups in total. The second kappa shape index (κ2) is 8.85. The molecule has 10 nitrogen and oxygen atoms in total. The van der Waals surface area contributed by atoms with E-state index in [2.05, 4.69) is 26.6 Å². The third-order valence-corrected chi connectivity index (χ3v) is 3.88. The number of amides is 2. The van der Waals surface area contributed by atoms with Crippen molar-refractivity contribution >= 4 is 44.8 Å². The summed E-state index contributed by atoms with van der Waals surface area (Å²) in [4.78, 5) is 44.0. The molecule has 140 valence electrons. The number of carbonyl (C=O) groups is 2. The van der Waals surface area contributed by atoms with Crippen molar-refractivity contribution in [3.05, 3.63) is 72.7 Å². The number of nitro benzene ring substituents is 2. The van der Waals surface area contributed by atoms with Crippen LogP contribution in [-0.4, -0.2) is 28.2 Å². The van der Waals surface area contributed by atoms with Crippen molar-refractivity contribution in [3.8, 4) is 0 Å². The maximum atomic E-state index is 12.1. The Morgan fingerprint density at radius 1 is 0.963 bits per heavy atom. The minimum atomic E-state index is -0.824. The van der Waals surface area contributed by atoms with Gasteiger partial charge >= 0.3 is 0 Å². The Labute approximate surface area is 161 Å². The largest absolute Gasteiger partial charge is 0.352 e. The number of halogens is 1. The number of benzene rings is 2. The summed E-state index contributed by atoms with van der Waals surface area (Å²) in [5, 5.41) is 26.7. The number of rotatable bonds is 7. The van der Waals surface area contributed by atoms with E-state index in [9.17, 15) is 29.8 Å². The number of hydrogen-bond acceptors (Lipinski definition) is 6. The third kappa shape index (κ3) is 5.85. The maximum absolute atomic E-state index is 12.1. The minimum Gasteiger partial charge on any atom is -0.352 e. The lowest BCUT2D eigenvalue weighted by molar-refractivity contribution is -0.394. The molecule has 0 bridgehead atoms. The van der Waals surface area contributed by atoms with Gasteiger partial charge in [0, 0.05) is 35.3 Å². The lowest BCUT2D eigenvalue weighted by Gasteiger charge is -2.07. The van der Waals surface area contributed by atoms with Crippen molar-refractivity contribution in [1.29, 1.82) is 0 Å². The van der Waals surface area contributed by atoms with Crippen LogP contribution in [0.2, 0.25) is 0 Å². The zero-order chi connectivity index (χ0) is 20.0. The Morgan fingerprint density at radius 3 is 2.04 bits per heavy atom. The smallest absolute Gasteiger partial charge is 0.277 e. The number of non-ortho nitro benzene ring substituents is 2. The molecule has 0 unspecified atom stereocenters. The van der Waals surface area contributed by atoms with Gasteiger partial charge in [0.2, 0.25) is 5.91 Å². The molecule has 2 aromatic rings. The van der Waals surface area contributed by atoms with E-state index in [-0.39, 0.29) is 24.4 Å². The van der Waals surface area contributed by atoms with Crippen LogP contribution in [0.15, 0.2) is 46.9 Å². The van der Waals surface area contributed by atoms with E-state index in [1.807, 2.05) is 0 Å². The van der Waals surface area contributed by atoms with Gasteiger partial charge in [0.05, 0.1) is 21.5 Å². The molecule has 2 rings (SSSR count). The predicted molar refractivity (Wildman–Crippen MR) is 99.5 cm³/mol. The van der Waals surface area contributed by atoms with Crippen LogP contribution in [0.5, 0.6) is 0 Å². The number of nitrogens with zero attached hydrogens (tertiary/aromatic N) is 2. The van der Waals surface area contributed by atoms with Crippen molar-refractivity contribution in [2.24, 2.45) is 0 Å². The lowest BCUT2D eigenvalue weighted by Crippen LogP contribution is -2.27. The van der Waals surface area contributed by atoms with Gasteiger partial charge in [-0.3, -0.25) is 29.8 Å². The average molecular weight is 437 g/mol. The molecule has 11 heteroatoms. The SMILES string of the molecule is O=C(CCNC(=O)c1cc([N+](=O)[O-])cc([N+](=O)[O-])c1)Nc1ccc(Br)cc1. The van der Waals surface area contributed by atoms with E-state index in [0.717, 1.165) is 22.7 Å². The summed E-state index contributed by atoms with van der Waals surface area (Å²) in [5.41, 5.74) is -0.780. The van der Waals surface area contributed by atoms with E-state index in [1.165, 1.54) is 0 Å². The van der Waals surface area contributed by atoms with Gasteiger partial charge in [-0.1, -0.05) is 15.9 Å². The molecule has 0 radical (unpaired) electrons. The van der Waals surface area contributed by atoms with Crippen molar-refractivity contribution in [2.45, 2.75) is 6.42 Å². The van der Waals surface area contributed by atoms with Gasteiger partial charge in [-0.25, -0.2) is 0 Å². The van der Waals surface area contributed by atoms with E-state index in [1.54, 1.807) is 24.3 Å². The van der Waals surface area contributed by atoms with Gasteiger partial charge in [0.15, 0.2) is 0 Å². The molecule has 0 aliphatic rings. The number of carbonyl (C=O) groups excluding carboxylic acids is 2. The zero-order valence-corrected chi connectivity index (χ0v) is 15.3. The van der Waals surface area contributed by atoms with Crippen molar-refractivity contribution < 1.29 is 19.4 Å².